The number of halogens is 3. The van der Waals surface area contributed by atoms with E-state index in [9.17, 15) is 22.8 Å². The van der Waals surface area contributed by atoms with Crippen molar-refractivity contribution in [3.05, 3.63) is 77.5 Å². The number of benzene rings is 2. The highest BCUT2D eigenvalue weighted by Crippen LogP contribution is 2.29. The number of nitrogens with zero attached hydrogens (tertiary/aromatic N) is 1. The normalized spacial score (nSPS) is 11.1. The van der Waals surface area contributed by atoms with Crippen LogP contribution in [-0.2, 0) is 22.3 Å². The van der Waals surface area contributed by atoms with E-state index >= 15 is 0 Å². The molecule has 9 heteroatoms. The number of carbonyl (C=O) groups excluding carboxylic acids is 2. The first-order valence-corrected chi connectivity index (χ1v) is 8.45. The first-order valence-electron chi connectivity index (χ1n) is 8.45. The topological polar surface area (TPSA) is 81.4 Å². The SMILES string of the molecule is O=C(CNC(=O)c1ccc(C(F)(F)F)cc1)OCc1cc(-c2ccccc2)on1. The van der Waals surface area contributed by atoms with Crippen LogP contribution in [0, 0.1) is 0 Å². The van der Waals surface area contributed by atoms with Crippen LogP contribution < -0.4 is 5.32 Å². The zero-order valence-corrected chi connectivity index (χ0v) is 14.9. The highest BCUT2D eigenvalue weighted by molar-refractivity contribution is 5.95. The van der Waals surface area contributed by atoms with Gasteiger partial charge in [0.25, 0.3) is 5.91 Å². The number of aromatic nitrogens is 1. The van der Waals surface area contributed by atoms with E-state index in [2.05, 4.69) is 10.5 Å². The molecule has 0 aliphatic heterocycles. The van der Waals surface area contributed by atoms with Crippen LogP contribution in [0.25, 0.3) is 11.3 Å². The average molecular weight is 404 g/mol. The molecule has 150 valence electrons. The van der Waals surface area contributed by atoms with Crippen LogP contribution in [0.3, 0.4) is 0 Å². The average Bonchev–Trinajstić information content (AvgIpc) is 3.20. The molecule has 0 unspecified atom stereocenters. The summed E-state index contributed by atoms with van der Waals surface area (Å²) in [5.74, 6) is -0.898. The molecule has 6 nitrogen and oxygen atoms in total. The fourth-order valence-corrected chi connectivity index (χ4v) is 2.39. The zero-order chi connectivity index (χ0) is 20.9. The van der Waals surface area contributed by atoms with Gasteiger partial charge in [-0.2, -0.15) is 13.2 Å². The van der Waals surface area contributed by atoms with E-state index in [-0.39, 0.29) is 12.2 Å². The molecule has 3 rings (SSSR count). The summed E-state index contributed by atoms with van der Waals surface area (Å²) in [4.78, 5) is 23.7. The number of hydrogen-bond donors (Lipinski definition) is 1. The Morgan fingerprint density at radius 2 is 1.72 bits per heavy atom. The zero-order valence-electron chi connectivity index (χ0n) is 14.9. The van der Waals surface area contributed by atoms with Crippen LogP contribution in [0.1, 0.15) is 21.6 Å². The molecule has 1 amide bonds. The van der Waals surface area contributed by atoms with Gasteiger partial charge in [-0.1, -0.05) is 35.5 Å². The van der Waals surface area contributed by atoms with Crippen LogP contribution >= 0.6 is 0 Å². The summed E-state index contributed by atoms with van der Waals surface area (Å²) in [5.41, 5.74) is 0.346. The second-order valence-electron chi connectivity index (χ2n) is 5.97. The monoisotopic (exact) mass is 404 g/mol. The van der Waals surface area contributed by atoms with Gasteiger partial charge in [0.1, 0.15) is 18.8 Å². The Hall–Kier alpha value is -3.62. The Labute approximate surface area is 163 Å². The van der Waals surface area contributed by atoms with Gasteiger partial charge in [-0.15, -0.1) is 0 Å². The van der Waals surface area contributed by atoms with Crippen molar-refractivity contribution in [2.75, 3.05) is 6.54 Å². The number of carbonyl (C=O) groups is 2. The molecule has 1 N–H and O–H groups in total. The fraction of sp³-hybridized carbons (Fsp3) is 0.150. The molecule has 0 radical (unpaired) electrons. The number of esters is 1. The molecular formula is C20H15F3N2O4. The second kappa shape index (κ2) is 8.59. The third-order valence-electron chi connectivity index (χ3n) is 3.87. The molecule has 0 bridgehead atoms. The number of hydrogen-bond acceptors (Lipinski definition) is 5. The van der Waals surface area contributed by atoms with E-state index in [1.54, 1.807) is 6.07 Å². The van der Waals surface area contributed by atoms with Gasteiger partial charge in [0.15, 0.2) is 5.76 Å². The Morgan fingerprint density at radius 3 is 2.38 bits per heavy atom. The highest BCUT2D eigenvalue weighted by atomic mass is 19.4. The van der Waals surface area contributed by atoms with Crippen molar-refractivity contribution in [2.24, 2.45) is 0 Å². The maximum absolute atomic E-state index is 12.5. The lowest BCUT2D eigenvalue weighted by atomic mass is 10.1. The summed E-state index contributed by atoms with van der Waals surface area (Å²) < 4.78 is 47.8. The minimum Gasteiger partial charge on any atom is -0.458 e. The lowest BCUT2D eigenvalue weighted by molar-refractivity contribution is -0.143. The second-order valence-corrected chi connectivity index (χ2v) is 5.97. The van der Waals surface area contributed by atoms with Gasteiger partial charge < -0.3 is 14.6 Å². The van der Waals surface area contributed by atoms with Crippen LogP contribution in [0.5, 0.6) is 0 Å². The van der Waals surface area contributed by atoms with Gasteiger partial charge in [-0.05, 0) is 24.3 Å². The van der Waals surface area contributed by atoms with Gasteiger partial charge in [0.2, 0.25) is 0 Å². The number of ether oxygens (including phenoxy) is 1. The molecule has 0 fully saturated rings. The van der Waals surface area contributed by atoms with Crippen molar-refractivity contribution in [2.45, 2.75) is 12.8 Å². The molecule has 0 saturated carbocycles. The molecule has 29 heavy (non-hydrogen) atoms. The standard InChI is InChI=1S/C20H15F3N2O4/c21-20(22,23)15-8-6-14(7-9-15)19(27)24-11-18(26)28-12-16-10-17(29-25-16)13-4-2-1-3-5-13/h1-10H,11-12H2,(H,24,27). The minimum atomic E-state index is -4.49. The Bertz CT molecular complexity index is 983. The Kier molecular flexibility index (Phi) is 5.96. The van der Waals surface area contributed by atoms with Crippen LogP contribution in [0.15, 0.2) is 65.2 Å². The summed E-state index contributed by atoms with van der Waals surface area (Å²) >= 11 is 0. The first-order chi connectivity index (χ1) is 13.8. The lowest BCUT2D eigenvalue weighted by Crippen LogP contribution is -2.30. The van der Waals surface area contributed by atoms with Crippen LogP contribution in [0.4, 0.5) is 13.2 Å². The van der Waals surface area contributed by atoms with E-state index in [1.807, 2.05) is 30.3 Å². The number of nitrogens with one attached hydrogen (secondary N) is 1. The van der Waals surface area contributed by atoms with Gasteiger partial charge >= 0.3 is 12.1 Å². The van der Waals surface area contributed by atoms with Gasteiger partial charge in [0.05, 0.1) is 5.56 Å². The minimum absolute atomic E-state index is 0.00481. The molecule has 0 aliphatic carbocycles. The molecule has 1 aromatic heterocycles. The molecule has 1 heterocycles. The molecule has 0 atom stereocenters. The molecule has 0 aliphatic rings. The number of amides is 1. The molecule has 0 saturated heterocycles. The van der Waals surface area contributed by atoms with E-state index in [4.69, 9.17) is 9.26 Å². The van der Waals surface area contributed by atoms with Gasteiger partial charge in [-0.25, -0.2) is 0 Å². The van der Waals surface area contributed by atoms with Crippen molar-refractivity contribution < 1.29 is 32.0 Å². The summed E-state index contributed by atoms with van der Waals surface area (Å²) in [7, 11) is 0. The maximum Gasteiger partial charge on any atom is 0.416 e. The van der Waals surface area contributed by atoms with Crippen LogP contribution in [0.2, 0.25) is 0 Å². The first kappa shape index (κ1) is 20.1. The largest absolute Gasteiger partial charge is 0.458 e. The lowest BCUT2D eigenvalue weighted by Gasteiger charge is -2.08. The summed E-state index contributed by atoms with van der Waals surface area (Å²) in [6.07, 6.45) is -4.49. The van der Waals surface area contributed by atoms with Crippen molar-refractivity contribution in [3.63, 3.8) is 0 Å². The summed E-state index contributed by atoms with van der Waals surface area (Å²) in [6, 6.07) is 14.5. The number of rotatable bonds is 6. The van der Waals surface area contributed by atoms with E-state index < -0.39 is 30.2 Å². The Morgan fingerprint density at radius 1 is 1.03 bits per heavy atom. The van der Waals surface area contributed by atoms with Crippen LogP contribution in [-0.4, -0.2) is 23.6 Å². The fourth-order valence-electron chi connectivity index (χ4n) is 2.39. The predicted molar refractivity (Wildman–Crippen MR) is 95.5 cm³/mol. The maximum atomic E-state index is 12.5. The Balaban J connectivity index is 1.46. The molecule has 2 aromatic carbocycles. The summed E-state index contributed by atoms with van der Waals surface area (Å²) in [6.45, 7) is -0.589. The third kappa shape index (κ3) is 5.44. The van der Waals surface area contributed by atoms with E-state index in [0.717, 1.165) is 29.8 Å². The molecule has 3 aromatic rings. The summed E-state index contributed by atoms with van der Waals surface area (Å²) in [5, 5.41) is 6.09. The van der Waals surface area contributed by atoms with E-state index in [1.165, 1.54) is 0 Å². The van der Waals surface area contributed by atoms with Crippen molar-refractivity contribution >= 4 is 11.9 Å². The predicted octanol–water partition coefficient (Wildman–Crippen LogP) is 3.83. The van der Waals surface area contributed by atoms with Gasteiger partial charge in [-0.3, -0.25) is 9.59 Å². The highest BCUT2D eigenvalue weighted by Gasteiger charge is 2.30. The third-order valence-corrected chi connectivity index (χ3v) is 3.87. The quantitative estimate of drug-likeness (QED) is 0.632. The van der Waals surface area contributed by atoms with E-state index in [0.29, 0.717) is 11.5 Å². The van der Waals surface area contributed by atoms with Crippen molar-refractivity contribution in [3.8, 4) is 11.3 Å². The van der Waals surface area contributed by atoms with Crippen molar-refractivity contribution in [1.29, 1.82) is 0 Å². The number of alkyl halides is 3. The van der Waals surface area contributed by atoms with Gasteiger partial charge in [0, 0.05) is 17.2 Å². The molecule has 0 spiro atoms. The molecular weight excluding hydrogens is 389 g/mol. The smallest absolute Gasteiger partial charge is 0.416 e. The van der Waals surface area contributed by atoms with Crippen molar-refractivity contribution in [1.82, 2.24) is 10.5 Å².